The summed E-state index contributed by atoms with van der Waals surface area (Å²) in [5, 5.41) is 16.7. The smallest absolute Gasteiger partial charge is 0.353 e. The second-order valence-electron chi connectivity index (χ2n) is 5.62. The molecule has 29 heavy (non-hydrogen) atoms. The van der Waals surface area contributed by atoms with Crippen molar-refractivity contribution in [2.75, 3.05) is 17.7 Å². The minimum Gasteiger partial charge on any atom is -0.465 e. The van der Waals surface area contributed by atoms with Crippen LogP contribution in [0.5, 0.6) is 0 Å². The van der Waals surface area contributed by atoms with Crippen molar-refractivity contribution in [3.63, 3.8) is 0 Å². The predicted octanol–water partition coefficient (Wildman–Crippen LogP) is 3.94. The molecule has 0 bridgehead atoms. The van der Waals surface area contributed by atoms with Gasteiger partial charge in [-0.15, -0.1) is 0 Å². The Morgan fingerprint density at radius 1 is 1.07 bits per heavy atom. The summed E-state index contributed by atoms with van der Waals surface area (Å²) >= 11 is 0. The number of carbonyl (C=O) groups excluding carboxylic acids is 1. The maximum atomic E-state index is 13.9. The summed E-state index contributed by atoms with van der Waals surface area (Å²) < 4.78 is 31.8. The minimum absolute atomic E-state index is 0.185. The molecule has 2 aromatic carbocycles. The van der Waals surface area contributed by atoms with E-state index in [2.05, 4.69) is 25.3 Å². The van der Waals surface area contributed by atoms with Crippen LogP contribution in [0.25, 0.3) is 0 Å². The largest absolute Gasteiger partial charge is 0.465 e. The molecule has 0 fully saturated rings. The highest BCUT2D eigenvalue weighted by atomic mass is 19.1. The zero-order chi connectivity index (χ0) is 21.0. The van der Waals surface area contributed by atoms with Crippen LogP contribution in [0.4, 0.5) is 37.5 Å². The number of ether oxygens (including phenoxy) is 1. The fourth-order valence-electron chi connectivity index (χ4n) is 2.40. The van der Waals surface area contributed by atoms with Gasteiger partial charge in [0.25, 0.3) is 0 Å². The summed E-state index contributed by atoms with van der Waals surface area (Å²) in [4.78, 5) is 29.9. The number of benzene rings is 2. The van der Waals surface area contributed by atoms with Gasteiger partial charge in [0.05, 0.1) is 23.3 Å². The zero-order valence-corrected chi connectivity index (χ0v) is 14.8. The molecule has 1 aromatic heterocycles. The first-order chi connectivity index (χ1) is 13.9. The van der Waals surface area contributed by atoms with E-state index >= 15 is 0 Å². The molecule has 0 amide bonds. The van der Waals surface area contributed by atoms with Crippen molar-refractivity contribution in [2.45, 2.75) is 0 Å². The highest BCUT2D eigenvalue weighted by molar-refractivity contribution is 5.90. The average molecular weight is 401 g/mol. The van der Waals surface area contributed by atoms with Crippen molar-refractivity contribution in [3.8, 4) is 0 Å². The van der Waals surface area contributed by atoms with Crippen LogP contribution in [0.1, 0.15) is 10.4 Å². The maximum Gasteiger partial charge on any atom is 0.353 e. The molecule has 1 heterocycles. The third kappa shape index (κ3) is 4.40. The van der Waals surface area contributed by atoms with E-state index in [1.54, 1.807) is 0 Å². The van der Waals surface area contributed by atoms with Crippen LogP contribution in [-0.2, 0) is 4.74 Å². The molecule has 0 atom stereocenters. The first-order valence-electron chi connectivity index (χ1n) is 8.06. The molecule has 0 aliphatic heterocycles. The van der Waals surface area contributed by atoms with Crippen molar-refractivity contribution >= 4 is 34.7 Å². The molecular weight excluding hydrogens is 388 g/mol. The van der Waals surface area contributed by atoms with Crippen LogP contribution in [0.3, 0.4) is 0 Å². The Bertz CT molecular complexity index is 1080. The first-order valence-corrected chi connectivity index (χ1v) is 8.06. The number of hydrogen-bond acceptors (Lipinski definition) is 8. The second-order valence-corrected chi connectivity index (χ2v) is 5.62. The van der Waals surface area contributed by atoms with Crippen molar-refractivity contribution < 1.29 is 23.2 Å². The second kappa shape index (κ2) is 8.25. The Hall–Kier alpha value is -4.15. The number of nitrogens with zero attached hydrogens (tertiary/aromatic N) is 3. The normalized spacial score (nSPS) is 10.3. The van der Waals surface area contributed by atoms with E-state index in [1.807, 2.05) is 0 Å². The zero-order valence-electron chi connectivity index (χ0n) is 14.8. The molecule has 0 saturated carbocycles. The number of hydrogen-bond donors (Lipinski definition) is 2. The molecule has 2 N–H and O–H groups in total. The summed E-state index contributed by atoms with van der Waals surface area (Å²) in [5.74, 6) is -2.59. The topological polar surface area (TPSA) is 119 Å². The minimum atomic E-state index is -0.813. The number of esters is 1. The molecule has 148 valence electrons. The van der Waals surface area contributed by atoms with Gasteiger partial charge in [0.15, 0.2) is 0 Å². The third-order valence-electron chi connectivity index (χ3n) is 3.76. The molecule has 0 spiro atoms. The summed E-state index contributed by atoms with van der Waals surface area (Å²) in [6.07, 6.45) is 1.03. The summed E-state index contributed by atoms with van der Waals surface area (Å²) in [5.41, 5.74) is -0.213. The van der Waals surface area contributed by atoms with Gasteiger partial charge in [-0.1, -0.05) is 0 Å². The number of aromatic nitrogens is 2. The van der Waals surface area contributed by atoms with E-state index < -0.39 is 28.2 Å². The van der Waals surface area contributed by atoms with Crippen LogP contribution >= 0.6 is 0 Å². The number of methoxy groups -OCH3 is 1. The van der Waals surface area contributed by atoms with Gasteiger partial charge in [-0.05, 0) is 36.4 Å². The molecule has 3 rings (SSSR count). The molecule has 3 aromatic rings. The van der Waals surface area contributed by atoms with E-state index in [0.717, 1.165) is 24.5 Å². The Balaban J connectivity index is 1.94. The van der Waals surface area contributed by atoms with Gasteiger partial charge in [0, 0.05) is 11.8 Å². The molecule has 0 aliphatic carbocycles. The quantitative estimate of drug-likeness (QED) is 0.362. The SMILES string of the molecule is COC(=O)c1ccc(Nc2ncnc(Nc3cc(F)ccc3F)c2[N+](=O)[O-])cc1. The average Bonchev–Trinajstić information content (AvgIpc) is 2.70. The highest BCUT2D eigenvalue weighted by Crippen LogP contribution is 2.33. The Morgan fingerprint density at radius 3 is 2.34 bits per heavy atom. The van der Waals surface area contributed by atoms with Gasteiger partial charge in [0.1, 0.15) is 18.0 Å². The predicted molar refractivity (Wildman–Crippen MR) is 99.4 cm³/mol. The lowest BCUT2D eigenvalue weighted by Crippen LogP contribution is -2.06. The van der Waals surface area contributed by atoms with Crippen molar-refractivity contribution in [1.82, 2.24) is 9.97 Å². The Kier molecular flexibility index (Phi) is 5.58. The van der Waals surface area contributed by atoms with E-state index in [9.17, 15) is 23.7 Å². The van der Waals surface area contributed by atoms with E-state index in [-0.39, 0.29) is 17.3 Å². The first kappa shape index (κ1) is 19.6. The Labute approximate surface area is 162 Å². The molecule has 0 saturated heterocycles. The molecule has 9 nitrogen and oxygen atoms in total. The Morgan fingerprint density at radius 2 is 1.72 bits per heavy atom. The van der Waals surface area contributed by atoms with Crippen LogP contribution in [0.2, 0.25) is 0 Å². The standard InChI is InChI=1S/C18H13F2N5O4/c1-29-18(26)10-2-5-12(6-3-10)23-16-15(25(27)28)17(22-9-21-16)24-14-8-11(19)4-7-13(14)20/h2-9H,1H3,(H2,21,22,23,24). The number of anilines is 4. The van der Waals surface area contributed by atoms with E-state index in [4.69, 9.17) is 0 Å². The maximum absolute atomic E-state index is 13.9. The van der Waals surface area contributed by atoms with Gasteiger partial charge >= 0.3 is 11.7 Å². The molecule has 11 heteroatoms. The number of carbonyl (C=O) groups is 1. The van der Waals surface area contributed by atoms with E-state index in [1.165, 1.54) is 31.4 Å². The molecular formula is C18H13F2N5O4. The van der Waals surface area contributed by atoms with Gasteiger partial charge in [-0.2, -0.15) is 0 Å². The van der Waals surface area contributed by atoms with Gasteiger partial charge in [-0.3, -0.25) is 10.1 Å². The fraction of sp³-hybridized carbons (Fsp3) is 0.0556. The lowest BCUT2D eigenvalue weighted by atomic mass is 10.2. The van der Waals surface area contributed by atoms with Gasteiger partial charge in [0.2, 0.25) is 11.6 Å². The number of nitrogens with one attached hydrogen (secondary N) is 2. The third-order valence-corrected chi connectivity index (χ3v) is 3.76. The highest BCUT2D eigenvalue weighted by Gasteiger charge is 2.24. The van der Waals surface area contributed by atoms with Crippen molar-refractivity contribution in [2.24, 2.45) is 0 Å². The lowest BCUT2D eigenvalue weighted by Gasteiger charge is -2.11. The van der Waals surface area contributed by atoms with Crippen molar-refractivity contribution in [3.05, 3.63) is 76.1 Å². The molecule has 0 aliphatic rings. The van der Waals surface area contributed by atoms with E-state index in [0.29, 0.717) is 11.3 Å². The summed E-state index contributed by atoms with van der Waals surface area (Å²) in [6.45, 7) is 0. The van der Waals surface area contributed by atoms with Gasteiger partial charge < -0.3 is 15.4 Å². The van der Waals surface area contributed by atoms with Crippen molar-refractivity contribution in [1.29, 1.82) is 0 Å². The summed E-state index contributed by atoms with van der Waals surface area (Å²) in [7, 11) is 1.24. The number of rotatable bonds is 6. The summed E-state index contributed by atoms with van der Waals surface area (Å²) in [6, 6.07) is 8.56. The molecule has 0 radical (unpaired) electrons. The van der Waals surface area contributed by atoms with Crippen LogP contribution < -0.4 is 10.6 Å². The number of halogens is 2. The van der Waals surface area contributed by atoms with Crippen LogP contribution in [0, 0.1) is 21.7 Å². The number of nitro groups is 1. The lowest BCUT2D eigenvalue weighted by molar-refractivity contribution is -0.383. The van der Waals surface area contributed by atoms with Gasteiger partial charge in [-0.25, -0.2) is 23.5 Å². The fourth-order valence-corrected chi connectivity index (χ4v) is 2.40. The monoisotopic (exact) mass is 401 g/mol. The van der Waals surface area contributed by atoms with Crippen LogP contribution in [0.15, 0.2) is 48.8 Å². The molecule has 0 unspecified atom stereocenters. The van der Waals surface area contributed by atoms with Crippen LogP contribution in [-0.4, -0.2) is 28.0 Å².